The smallest absolute Gasteiger partial charge is 0.340 e. The van der Waals surface area contributed by atoms with Crippen molar-refractivity contribution < 1.29 is 23.1 Å². The number of hydrogen-bond donors (Lipinski definition) is 2. The number of ether oxygens (including phenoxy) is 1. The molecule has 6 nitrogen and oxygen atoms in total. The van der Waals surface area contributed by atoms with E-state index >= 15 is 0 Å². The number of nitrogens with one attached hydrogen (secondary N) is 1. The first-order chi connectivity index (χ1) is 16.6. The number of esters is 1. The van der Waals surface area contributed by atoms with Crippen molar-refractivity contribution in [3.8, 4) is 0 Å². The van der Waals surface area contributed by atoms with Gasteiger partial charge >= 0.3 is 5.97 Å². The first-order valence-corrected chi connectivity index (χ1v) is 13.5. The molecule has 0 spiro atoms. The molecule has 2 aliphatic rings. The maximum absolute atomic E-state index is 13.7. The summed E-state index contributed by atoms with van der Waals surface area (Å²) in [5.41, 5.74) is -0.255. The number of aliphatic hydroxyl groups excluding tert-OH is 1. The van der Waals surface area contributed by atoms with Gasteiger partial charge in [0.15, 0.2) is 6.10 Å². The summed E-state index contributed by atoms with van der Waals surface area (Å²) in [6.45, 7) is 6.29. The van der Waals surface area contributed by atoms with Crippen LogP contribution >= 0.6 is 0 Å². The van der Waals surface area contributed by atoms with Gasteiger partial charge in [0.2, 0.25) is 10.0 Å². The zero-order valence-electron chi connectivity index (χ0n) is 20.1. The monoisotopic (exact) mass is 493 g/mol. The molecule has 0 amide bonds. The van der Waals surface area contributed by atoms with E-state index in [1.54, 1.807) is 48.5 Å². The summed E-state index contributed by atoms with van der Waals surface area (Å²) >= 11 is 0. The van der Waals surface area contributed by atoms with Crippen molar-refractivity contribution >= 4 is 26.8 Å². The van der Waals surface area contributed by atoms with Crippen LogP contribution in [0, 0.1) is 16.7 Å². The van der Waals surface area contributed by atoms with Gasteiger partial charge in [-0.3, -0.25) is 0 Å². The summed E-state index contributed by atoms with van der Waals surface area (Å²) in [5, 5.41) is 12.1. The quantitative estimate of drug-likeness (QED) is 0.490. The third-order valence-electron chi connectivity index (χ3n) is 8.67. The predicted octanol–water partition coefficient (Wildman–Crippen LogP) is 4.59. The van der Waals surface area contributed by atoms with Gasteiger partial charge in [-0.2, -0.15) is 0 Å². The molecular weight excluding hydrogens is 462 g/mol. The maximum Gasteiger partial charge on any atom is 0.340 e. The molecule has 5 rings (SSSR count). The maximum atomic E-state index is 13.7. The molecular formula is C28H31NO5S. The molecule has 184 valence electrons. The summed E-state index contributed by atoms with van der Waals surface area (Å²) in [6.07, 6.45) is -0.484. The fourth-order valence-corrected chi connectivity index (χ4v) is 7.79. The number of carbonyl (C=O) groups excluding carboxylic acids is 1. The van der Waals surface area contributed by atoms with E-state index in [4.69, 9.17) is 4.74 Å². The van der Waals surface area contributed by atoms with Gasteiger partial charge in [-0.1, -0.05) is 87.5 Å². The van der Waals surface area contributed by atoms with Crippen LogP contribution in [0.2, 0.25) is 0 Å². The summed E-state index contributed by atoms with van der Waals surface area (Å²) in [4.78, 5) is 13.2. The van der Waals surface area contributed by atoms with Crippen LogP contribution in [-0.4, -0.2) is 31.6 Å². The highest BCUT2D eigenvalue weighted by atomic mass is 32.2. The van der Waals surface area contributed by atoms with E-state index in [9.17, 15) is 18.3 Å². The largest absolute Gasteiger partial charge is 0.458 e. The van der Waals surface area contributed by atoms with E-state index in [0.717, 1.165) is 18.2 Å². The van der Waals surface area contributed by atoms with Gasteiger partial charge < -0.3 is 9.84 Å². The topological polar surface area (TPSA) is 92.7 Å². The lowest BCUT2D eigenvalue weighted by molar-refractivity contribution is -0.168. The van der Waals surface area contributed by atoms with Crippen molar-refractivity contribution in [3.05, 3.63) is 78.4 Å². The molecule has 2 bridgehead atoms. The lowest BCUT2D eigenvalue weighted by atomic mass is 9.70. The SMILES string of the molecule is CC1(C)[C@@H]2CC[C@@]1(C)[C@H](OC(=O)[C@@H](O)c1ccccc1)[C@@H]2NS(=O)(=O)c1cccc2ccccc12. The second-order valence-electron chi connectivity index (χ2n) is 10.6. The van der Waals surface area contributed by atoms with Gasteiger partial charge in [-0.25, -0.2) is 17.9 Å². The van der Waals surface area contributed by atoms with Crippen LogP contribution in [0.3, 0.4) is 0 Å². The molecule has 0 aromatic heterocycles. The summed E-state index contributed by atoms with van der Waals surface area (Å²) < 4.78 is 36.2. The molecule has 2 N–H and O–H groups in total. The molecule has 0 heterocycles. The third-order valence-corrected chi connectivity index (χ3v) is 10.2. The van der Waals surface area contributed by atoms with E-state index in [-0.39, 0.29) is 16.2 Å². The zero-order chi connectivity index (χ0) is 25.0. The van der Waals surface area contributed by atoms with Crippen LogP contribution in [0.1, 0.15) is 45.3 Å². The Balaban J connectivity index is 1.48. The standard InChI is InChI=1S/C28H31NO5S/c1-27(2)21-16-17-28(27,3)25(34-26(31)24(30)19-11-5-4-6-12-19)23(21)29-35(32,33)22-15-9-13-18-10-7-8-14-20(18)22/h4-15,21,23-25,29-30H,16-17H2,1-3H3/t21-,23-,24+,25-,28+/m1/s1. The predicted molar refractivity (Wildman–Crippen MR) is 134 cm³/mol. The number of benzene rings is 3. The van der Waals surface area contributed by atoms with E-state index in [1.165, 1.54) is 0 Å². The number of fused-ring (bicyclic) bond motifs is 3. The molecule has 2 fully saturated rings. The first-order valence-electron chi connectivity index (χ1n) is 12.0. The number of aliphatic hydroxyl groups is 1. The number of hydrogen-bond acceptors (Lipinski definition) is 5. The highest BCUT2D eigenvalue weighted by molar-refractivity contribution is 7.89. The molecule has 7 heteroatoms. The molecule has 35 heavy (non-hydrogen) atoms. The van der Waals surface area contributed by atoms with Crippen molar-refractivity contribution in [1.29, 1.82) is 0 Å². The average Bonchev–Trinajstić information content (AvgIpc) is 3.16. The summed E-state index contributed by atoms with van der Waals surface area (Å²) in [5.74, 6) is -0.774. The van der Waals surface area contributed by atoms with Gasteiger partial charge in [-0.05, 0) is 41.2 Å². The van der Waals surface area contributed by atoms with Gasteiger partial charge in [0.1, 0.15) is 6.10 Å². The van der Waals surface area contributed by atoms with Crippen LogP contribution < -0.4 is 4.72 Å². The van der Waals surface area contributed by atoms with Crippen LogP contribution in [0.4, 0.5) is 0 Å². The van der Waals surface area contributed by atoms with Crippen LogP contribution in [0.25, 0.3) is 10.8 Å². The number of rotatable bonds is 6. The second-order valence-corrected chi connectivity index (χ2v) is 12.3. The highest BCUT2D eigenvalue weighted by Gasteiger charge is 2.68. The van der Waals surface area contributed by atoms with Gasteiger partial charge in [0, 0.05) is 10.8 Å². The van der Waals surface area contributed by atoms with Crippen molar-refractivity contribution in [2.45, 2.75) is 56.8 Å². The molecule has 2 saturated carbocycles. The van der Waals surface area contributed by atoms with E-state index in [0.29, 0.717) is 10.9 Å². The Morgan fingerprint density at radius 2 is 1.66 bits per heavy atom. The lowest BCUT2D eigenvalue weighted by Crippen LogP contribution is -2.51. The number of carbonyl (C=O) groups is 1. The van der Waals surface area contributed by atoms with Crippen LogP contribution in [-0.2, 0) is 19.6 Å². The normalized spacial score (nSPS) is 28.2. The molecule has 3 aromatic rings. The van der Waals surface area contributed by atoms with Crippen LogP contribution in [0.15, 0.2) is 77.7 Å². The van der Waals surface area contributed by atoms with Crippen molar-refractivity contribution in [3.63, 3.8) is 0 Å². The Kier molecular flexibility index (Phi) is 5.78. The molecule has 0 aliphatic heterocycles. The zero-order valence-corrected chi connectivity index (χ0v) is 21.0. The Labute approximate surface area is 206 Å². The fraction of sp³-hybridized carbons (Fsp3) is 0.393. The Morgan fingerprint density at radius 1 is 1.00 bits per heavy atom. The number of sulfonamides is 1. The second kappa shape index (κ2) is 8.43. The molecule has 2 aliphatic carbocycles. The van der Waals surface area contributed by atoms with Gasteiger partial charge in [0.05, 0.1) is 10.9 Å². The minimum atomic E-state index is -3.91. The highest BCUT2D eigenvalue weighted by Crippen LogP contribution is 2.66. The average molecular weight is 494 g/mol. The Hall–Kier alpha value is -2.74. The lowest BCUT2D eigenvalue weighted by Gasteiger charge is -2.39. The molecule has 3 aromatic carbocycles. The minimum Gasteiger partial charge on any atom is -0.458 e. The Bertz CT molecular complexity index is 1370. The third kappa shape index (κ3) is 3.77. The van der Waals surface area contributed by atoms with E-state index in [2.05, 4.69) is 25.5 Å². The molecule has 0 saturated heterocycles. The van der Waals surface area contributed by atoms with Crippen molar-refractivity contribution in [2.75, 3.05) is 0 Å². The molecule has 0 radical (unpaired) electrons. The Morgan fingerprint density at radius 3 is 2.40 bits per heavy atom. The molecule has 0 unspecified atom stereocenters. The van der Waals surface area contributed by atoms with E-state index < -0.39 is 39.7 Å². The van der Waals surface area contributed by atoms with Gasteiger partial charge in [0.25, 0.3) is 0 Å². The van der Waals surface area contributed by atoms with E-state index in [1.807, 2.05) is 24.3 Å². The summed E-state index contributed by atoms with van der Waals surface area (Å²) in [7, 11) is -3.91. The molecule has 5 atom stereocenters. The van der Waals surface area contributed by atoms with Gasteiger partial charge in [-0.15, -0.1) is 0 Å². The first kappa shape index (κ1) is 24.0. The van der Waals surface area contributed by atoms with Crippen molar-refractivity contribution in [2.24, 2.45) is 16.7 Å². The van der Waals surface area contributed by atoms with Crippen molar-refractivity contribution in [1.82, 2.24) is 4.72 Å². The summed E-state index contributed by atoms with van der Waals surface area (Å²) in [6, 6.07) is 20.6. The fourth-order valence-electron chi connectivity index (χ4n) is 6.29. The minimum absolute atomic E-state index is 0.0103. The van der Waals surface area contributed by atoms with Crippen LogP contribution in [0.5, 0.6) is 0 Å².